The first-order valence-corrected chi connectivity index (χ1v) is 14.8. The van der Waals surface area contributed by atoms with Gasteiger partial charge in [-0.2, -0.15) is 0 Å². The Morgan fingerprint density at radius 3 is 2.64 bits per heavy atom. The van der Waals surface area contributed by atoms with Crippen molar-refractivity contribution in [2.75, 3.05) is 5.75 Å². The van der Waals surface area contributed by atoms with Gasteiger partial charge in [0.25, 0.3) is 0 Å². The summed E-state index contributed by atoms with van der Waals surface area (Å²) in [5.74, 6) is 0.971. The number of nitrogens with one attached hydrogen (secondary N) is 1. The average molecular weight is 519 g/mol. The minimum absolute atomic E-state index is 0.0446. The van der Waals surface area contributed by atoms with Crippen molar-refractivity contribution in [2.45, 2.75) is 76.8 Å². The molecular weight excluding hydrogens is 484 g/mol. The van der Waals surface area contributed by atoms with Crippen molar-refractivity contribution in [3.8, 4) is 0 Å². The third-order valence-corrected chi connectivity index (χ3v) is 9.03. The number of benzene rings is 1. The molecule has 0 unspecified atom stereocenters. The summed E-state index contributed by atoms with van der Waals surface area (Å²) in [6, 6.07) is 10.5. The van der Waals surface area contributed by atoms with E-state index in [4.69, 9.17) is 9.97 Å². The normalized spacial score (nSPS) is 14.3. The van der Waals surface area contributed by atoms with Gasteiger partial charge in [0.2, 0.25) is 5.91 Å². The molecule has 1 amide bonds. The van der Waals surface area contributed by atoms with Crippen molar-refractivity contribution in [1.82, 2.24) is 20.3 Å². The maximum Gasteiger partial charge on any atom is 0.230 e. The Hall–Kier alpha value is -2.51. The summed E-state index contributed by atoms with van der Waals surface area (Å²) in [6.07, 6.45) is 9.22. The van der Waals surface area contributed by atoms with Crippen LogP contribution in [0.3, 0.4) is 0 Å². The van der Waals surface area contributed by atoms with Crippen LogP contribution in [0, 0.1) is 5.92 Å². The lowest BCUT2D eigenvalue weighted by atomic mass is 9.87. The summed E-state index contributed by atoms with van der Waals surface area (Å²) in [4.78, 5) is 28.2. The second-order valence-corrected chi connectivity index (χ2v) is 12.2. The number of aromatic nitrogens is 3. The molecule has 1 N–H and O–H groups in total. The lowest BCUT2D eigenvalue weighted by molar-refractivity contribution is -0.119. The number of aryl methyl sites for hydroxylation is 2. The first-order valence-electron chi connectivity index (χ1n) is 13.0. The summed E-state index contributed by atoms with van der Waals surface area (Å²) in [5.41, 5.74) is 6.48. The third-order valence-electron chi connectivity index (χ3n) is 6.83. The predicted molar refractivity (Wildman–Crippen MR) is 151 cm³/mol. The molecule has 3 heterocycles. The van der Waals surface area contributed by atoms with Crippen molar-refractivity contribution >= 4 is 49.4 Å². The molecule has 0 spiro atoms. The maximum atomic E-state index is 12.7. The summed E-state index contributed by atoms with van der Waals surface area (Å²) in [7, 11) is 0. The van der Waals surface area contributed by atoms with E-state index in [1.54, 1.807) is 17.7 Å². The first-order chi connectivity index (χ1) is 17.5. The van der Waals surface area contributed by atoms with Gasteiger partial charge in [-0.05, 0) is 74.5 Å². The first kappa shape index (κ1) is 25.2. The van der Waals surface area contributed by atoms with Crippen LogP contribution in [0.1, 0.15) is 62.4 Å². The van der Waals surface area contributed by atoms with Gasteiger partial charge in [0.15, 0.2) is 0 Å². The van der Waals surface area contributed by atoms with Crippen LogP contribution < -0.4 is 5.32 Å². The summed E-state index contributed by atoms with van der Waals surface area (Å²) < 4.78 is 1.06. The van der Waals surface area contributed by atoms with Crippen molar-refractivity contribution < 1.29 is 4.79 Å². The Bertz CT molecular complexity index is 1370. The van der Waals surface area contributed by atoms with E-state index in [9.17, 15) is 4.79 Å². The maximum absolute atomic E-state index is 12.7. The quantitative estimate of drug-likeness (QED) is 0.201. The molecule has 0 saturated carbocycles. The van der Waals surface area contributed by atoms with E-state index in [-0.39, 0.29) is 11.9 Å². The van der Waals surface area contributed by atoms with E-state index < -0.39 is 0 Å². The molecule has 1 aromatic carbocycles. The summed E-state index contributed by atoms with van der Waals surface area (Å²) >= 11 is 3.19. The minimum Gasteiger partial charge on any atom is -0.353 e. The smallest absolute Gasteiger partial charge is 0.230 e. The standard InChI is InChI=1S/C29H34N4OS2/c1-18(2)15-23-21-11-7-8-12-22(21)25-26-27(36-28(25)33-23)29(31-17-30-26)35-16-24(34)32-19(3)13-14-20-9-5-4-6-10-20/h4-6,9-10,17-19H,7-8,11-16H2,1-3H3,(H,32,34)/t19-/m1/s1. The van der Waals surface area contributed by atoms with Gasteiger partial charge in [-0.25, -0.2) is 15.0 Å². The molecule has 5 rings (SSSR count). The van der Waals surface area contributed by atoms with Gasteiger partial charge in [-0.3, -0.25) is 4.79 Å². The second-order valence-electron chi connectivity index (χ2n) is 10.2. The number of thioether (sulfide) groups is 1. The third kappa shape index (κ3) is 5.57. The molecule has 0 bridgehead atoms. The molecule has 4 aromatic rings. The highest BCUT2D eigenvalue weighted by Gasteiger charge is 2.23. The fourth-order valence-corrected chi connectivity index (χ4v) is 7.19. The van der Waals surface area contributed by atoms with E-state index in [0.717, 1.165) is 52.2 Å². The fourth-order valence-electron chi connectivity index (χ4n) is 5.13. The molecule has 188 valence electrons. The number of nitrogens with zero attached hydrogens (tertiary/aromatic N) is 3. The van der Waals surface area contributed by atoms with Crippen LogP contribution in [0.2, 0.25) is 0 Å². The monoisotopic (exact) mass is 518 g/mol. The lowest BCUT2D eigenvalue weighted by Gasteiger charge is -2.20. The van der Waals surface area contributed by atoms with Crippen molar-refractivity contribution in [3.05, 3.63) is 59.0 Å². The van der Waals surface area contributed by atoms with E-state index in [0.29, 0.717) is 11.7 Å². The van der Waals surface area contributed by atoms with Gasteiger partial charge >= 0.3 is 0 Å². The molecule has 0 aliphatic heterocycles. The van der Waals surface area contributed by atoms with E-state index in [2.05, 4.69) is 55.3 Å². The Balaban J connectivity index is 1.33. The molecule has 0 saturated heterocycles. The van der Waals surface area contributed by atoms with Crippen LogP contribution >= 0.6 is 23.1 Å². The Morgan fingerprint density at radius 2 is 1.86 bits per heavy atom. The van der Waals surface area contributed by atoms with Gasteiger partial charge in [-0.1, -0.05) is 55.9 Å². The van der Waals surface area contributed by atoms with Crippen LogP contribution in [0.25, 0.3) is 20.4 Å². The number of hydrogen-bond acceptors (Lipinski definition) is 6. The number of pyridine rings is 1. The van der Waals surface area contributed by atoms with Crippen LogP contribution in [-0.2, 0) is 30.5 Å². The summed E-state index contributed by atoms with van der Waals surface area (Å²) in [5, 5.41) is 5.25. The van der Waals surface area contributed by atoms with Crippen LogP contribution in [0.4, 0.5) is 0 Å². The number of amides is 1. The second kappa shape index (κ2) is 11.3. The van der Waals surface area contributed by atoms with Crippen molar-refractivity contribution in [3.63, 3.8) is 0 Å². The van der Waals surface area contributed by atoms with Crippen molar-refractivity contribution in [1.29, 1.82) is 0 Å². The number of rotatable bonds is 9. The highest BCUT2D eigenvalue weighted by molar-refractivity contribution is 8.00. The molecule has 5 nitrogen and oxygen atoms in total. The largest absolute Gasteiger partial charge is 0.353 e. The van der Waals surface area contributed by atoms with E-state index in [1.807, 2.05) is 6.07 Å². The van der Waals surface area contributed by atoms with Gasteiger partial charge in [0.05, 0.1) is 16.0 Å². The fraction of sp³-hybridized carbons (Fsp3) is 0.448. The molecule has 3 aromatic heterocycles. The molecule has 1 aliphatic rings. The topological polar surface area (TPSA) is 67.8 Å². The zero-order valence-electron chi connectivity index (χ0n) is 21.3. The van der Waals surface area contributed by atoms with Crippen LogP contribution in [0.15, 0.2) is 41.7 Å². The number of fused-ring (bicyclic) bond motifs is 5. The lowest BCUT2D eigenvalue weighted by Crippen LogP contribution is -2.34. The molecule has 0 radical (unpaired) electrons. The average Bonchev–Trinajstić information content (AvgIpc) is 3.26. The molecule has 7 heteroatoms. The Labute approximate surface area is 221 Å². The van der Waals surface area contributed by atoms with Crippen LogP contribution in [-0.4, -0.2) is 32.7 Å². The molecule has 1 aliphatic carbocycles. The molecular formula is C29H34N4OS2. The van der Waals surface area contributed by atoms with Gasteiger partial charge in [-0.15, -0.1) is 11.3 Å². The van der Waals surface area contributed by atoms with Gasteiger partial charge in [0, 0.05) is 17.1 Å². The molecule has 0 fully saturated rings. The number of thiophene rings is 1. The number of carbonyl (C=O) groups is 1. The number of hydrogen-bond donors (Lipinski definition) is 1. The number of carbonyl (C=O) groups excluding carboxylic acids is 1. The van der Waals surface area contributed by atoms with E-state index in [1.165, 1.54) is 52.4 Å². The van der Waals surface area contributed by atoms with Gasteiger partial charge < -0.3 is 5.32 Å². The highest BCUT2D eigenvalue weighted by Crippen LogP contribution is 2.41. The Kier molecular flexibility index (Phi) is 7.87. The van der Waals surface area contributed by atoms with Crippen LogP contribution in [0.5, 0.6) is 0 Å². The highest BCUT2D eigenvalue weighted by atomic mass is 32.2. The minimum atomic E-state index is 0.0446. The Morgan fingerprint density at radius 1 is 1.08 bits per heavy atom. The van der Waals surface area contributed by atoms with E-state index >= 15 is 0 Å². The zero-order chi connectivity index (χ0) is 25.1. The zero-order valence-corrected chi connectivity index (χ0v) is 23.0. The molecule has 1 atom stereocenters. The van der Waals surface area contributed by atoms with Gasteiger partial charge in [0.1, 0.15) is 16.2 Å². The van der Waals surface area contributed by atoms with Crippen molar-refractivity contribution in [2.24, 2.45) is 5.92 Å². The summed E-state index contributed by atoms with van der Waals surface area (Å²) in [6.45, 7) is 6.60. The molecule has 36 heavy (non-hydrogen) atoms. The predicted octanol–water partition coefficient (Wildman–Crippen LogP) is 6.55. The SMILES string of the molecule is CC(C)Cc1nc2sc3c(SCC(=O)N[C@H](C)CCc4ccccc4)ncnc3c2c2c1CCCC2.